The summed E-state index contributed by atoms with van der Waals surface area (Å²) in [6.45, 7) is 4.30. The molecule has 6 nitrogen and oxygen atoms in total. The van der Waals surface area contributed by atoms with Crippen LogP contribution in [-0.2, 0) is 16.6 Å². The first kappa shape index (κ1) is 26.0. The molecule has 1 atom stereocenters. The quantitative estimate of drug-likeness (QED) is 0.383. The number of sulfonamides is 1. The van der Waals surface area contributed by atoms with E-state index in [2.05, 4.69) is 19.2 Å². The highest BCUT2D eigenvalue weighted by molar-refractivity contribution is 7.92. The lowest BCUT2D eigenvalue weighted by molar-refractivity contribution is 0.0227. The van der Waals surface area contributed by atoms with Crippen LogP contribution < -0.4 is 14.4 Å². The zero-order valence-corrected chi connectivity index (χ0v) is 22.3. The summed E-state index contributed by atoms with van der Waals surface area (Å²) in [6.07, 6.45) is 3.51. The molecule has 1 N–H and O–H groups in total. The molecule has 3 aromatic rings. The Bertz CT molecular complexity index is 1340. The summed E-state index contributed by atoms with van der Waals surface area (Å²) >= 11 is 6.26. The van der Waals surface area contributed by atoms with Crippen LogP contribution in [0.3, 0.4) is 0 Å². The molecular formula is C28H31ClN2O4S. The second kappa shape index (κ2) is 10.5. The third-order valence-corrected chi connectivity index (χ3v) is 8.39. The Kier molecular flexibility index (Phi) is 7.62. The van der Waals surface area contributed by atoms with Gasteiger partial charge in [0.05, 0.1) is 24.5 Å². The predicted molar refractivity (Wildman–Crippen MR) is 144 cm³/mol. The monoisotopic (exact) mass is 526 g/mol. The number of ether oxygens (including phenoxy) is 1. The van der Waals surface area contributed by atoms with Crippen LogP contribution in [-0.4, -0.2) is 26.2 Å². The smallest absolute Gasteiger partial charge is 0.251 e. The van der Waals surface area contributed by atoms with Crippen molar-refractivity contribution in [3.8, 4) is 5.75 Å². The minimum absolute atomic E-state index is 0.0963. The van der Waals surface area contributed by atoms with E-state index >= 15 is 0 Å². The number of nitrogens with zero attached hydrogens (tertiary/aromatic N) is 1. The van der Waals surface area contributed by atoms with Crippen LogP contribution >= 0.6 is 11.6 Å². The molecule has 190 valence electrons. The Morgan fingerprint density at radius 2 is 1.67 bits per heavy atom. The number of benzene rings is 3. The fraction of sp³-hybridized carbons (Fsp3) is 0.321. The maximum Gasteiger partial charge on any atom is 0.251 e. The maximum absolute atomic E-state index is 13.2. The van der Waals surface area contributed by atoms with E-state index in [-0.39, 0.29) is 24.1 Å². The molecule has 0 aliphatic carbocycles. The number of fused-ring (bicyclic) bond motifs is 1. The SMILES string of the molecule is CCC1(CC)CC(NC(=O)c2ccc(N(Cc3ccccc3Cl)S(C)(=O)=O)cc2)c2ccccc2O1. The van der Waals surface area contributed by atoms with Crippen LogP contribution in [0.4, 0.5) is 5.69 Å². The molecule has 1 aliphatic rings. The fourth-order valence-electron chi connectivity index (χ4n) is 4.63. The Morgan fingerprint density at radius 3 is 2.31 bits per heavy atom. The van der Waals surface area contributed by atoms with Gasteiger partial charge in [-0.2, -0.15) is 0 Å². The molecule has 0 spiro atoms. The normalized spacial score (nSPS) is 16.5. The summed E-state index contributed by atoms with van der Waals surface area (Å²) in [6, 6.07) is 21.3. The zero-order valence-electron chi connectivity index (χ0n) is 20.7. The van der Waals surface area contributed by atoms with Crippen LogP contribution in [0, 0.1) is 0 Å². The molecular weight excluding hydrogens is 496 g/mol. The van der Waals surface area contributed by atoms with Gasteiger partial charge in [-0.1, -0.05) is 61.8 Å². The number of carbonyl (C=O) groups excluding carboxylic acids is 1. The van der Waals surface area contributed by atoms with Gasteiger partial charge in [-0.25, -0.2) is 8.42 Å². The zero-order chi connectivity index (χ0) is 25.9. The summed E-state index contributed by atoms with van der Waals surface area (Å²) in [5, 5.41) is 3.67. The number of hydrogen-bond donors (Lipinski definition) is 1. The van der Waals surface area contributed by atoms with Gasteiger partial charge < -0.3 is 10.1 Å². The fourth-order valence-corrected chi connectivity index (χ4v) is 5.71. The van der Waals surface area contributed by atoms with Gasteiger partial charge in [0, 0.05) is 22.6 Å². The summed E-state index contributed by atoms with van der Waals surface area (Å²) in [5.74, 6) is 0.581. The number of anilines is 1. The number of rotatable bonds is 8. The average molecular weight is 527 g/mol. The van der Waals surface area contributed by atoms with Gasteiger partial charge in [0.15, 0.2) is 0 Å². The van der Waals surface area contributed by atoms with E-state index in [1.807, 2.05) is 30.3 Å². The molecule has 0 radical (unpaired) electrons. The van der Waals surface area contributed by atoms with E-state index in [0.717, 1.165) is 30.4 Å². The number of halogens is 1. The van der Waals surface area contributed by atoms with Gasteiger partial charge in [-0.15, -0.1) is 0 Å². The lowest BCUT2D eigenvalue weighted by Crippen LogP contribution is -2.44. The van der Waals surface area contributed by atoms with Gasteiger partial charge in [0.25, 0.3) is 5.91 Å². The first-order valence-electron chi connectivity index (χ1n) is 12.1. The largest absolute Gasteiger partial charge is 0.487 e. The molecule has 36 heavy (non-hydrogen) atoms. The second-order valence-corrected chi connectivity index (χ2v) is 11.5. The Balaban J connectivity index is 1.56. The molecule has 8 heteroatoms. The molecule has 0 aromatic heterocycles. The number of carbonyl (C=O) groups is 1. The van der Waals surface area contributed by atoms with Crippen molar-refractivity contribution in [2.45, 2.75) is 51.3 Å². The highest BCUT2D eigenvalue weighted by Gasteiger charge is 2.39. The molecule has 3 aromatic carbocycles. The molecule has 0 bridgehead atoms. The molecule has 1 aliphatic heterocycles. The Hall–Kier alpha value is -3.03. The van der Waals surface area contributed by atoms with E-state index in [4.69, 9.17) is 16.3 Å². The lowest BCUT2D eigenvalue weighted by atomic mass is 9.83. The van der Waals surface area contributed by atoms with E-state index in [1.54, 1.807) is 42.5 Å². The van der Waals surface area contributed by atoms with Crippen LogP contribution in [0.25, 0.3) is 0 Å². The van der Waals surface area contributed by atoms with Gasteiger partial charge in [0.2, 0.25) is 10.0 Å². The molecule has 4 rings (SSSR count). The molecule has 1 unspecified atom stereocenters. The van der Waals surface area contributed by atoms with Crippen molar-refractivity contribution < 1.29 is 17.9 Å². The topological polar surface area (TPSA) is 75.7 Å². The summed E-state index contributed by atoms with van der Waals surface area (Å²) in [4.78, 5) is 13.2. The summed E-state index contributed by atoms with van der Waals surface area (Å²) in [5.41, 5.74) is 2.24. The minimum atomic E-state index is -3.58. The van der Waals surface area contributed by atoms with Crippen LogP contribution in [0.2, 0.25) is 5.02 Å². The van der Waals surface area contributed by atoms with E-state index in [9.17, 15) is 13.2 Å². The first-order chi connectivity index (χ1) is 17.2. The van der Waals surface area contributed by atoms with Crippen molar-refractivity contribution in [2.75, 3.05) is 10.6 Å². The maximum atomic E-state index is 13.2. The van der Waals surface area contributed by atoms with Crippen LogP contribution in [0.15, 0.2) is 72.8 Å². The van der Waals surface area contributed by atoms with Crippen molar-refractivity contribution in [2.24, 2.45) is 0 Å². The minimum Gasteiger partial charge on any atom is -0.487 e. The lowest BCUT2D eigenvalue weighted by Gasteiger charge is -2.41. The van der Waals surface area contributed by atoms with E-state index in [1.165, 1.54) is 4.31 Å². The van der Waals surface area contributed by atoms with Gasteiger partial charge >= 0.3 is 0 Å². The molecule has 0 fully saturated rings. The first-order valence-corrected chi connectivity index (χ1v) is 14.3. The molecule has 0 saturated heterocycles. The standard InChI is InChI=1S/C28H31ClN2O4S/c1-4-28(5-2)18-25(23-11-7-9-13-26(23)35-28)30-27(32)20-14-16-22(17-15-20)31(36(3,33)34)19-21-10-6-8-12-24(21)29/h6-17,25H,4-5,18-19H2,1-3H3,(H,30,32). The van der Waals surface area contributed by atoms with E-state index in [0.29, 0.717) is 28.3 Å². The van der Waals surface area contributed by atoms with Crippen molar-refractivity contribution >= 4 is 33.2 Å². The number of nitrogens with one attached hydrogen (secondary N) is 1. The second-order valence-electron chi connectivity index (χ2n) is 9.17. The van der Waals surface area contributed by atoms with E-state index < -0.39 is 10.0 Å². The molecule has 1 heterocycles. The molecule has 1 amide bonds. The van der Waals surface area contributed by atoms with Crippen LogP contribution in [0.1, 0.15) is 60.6 Å². The van der Waals surface area contributed by atoms with Gasteiger partial charge in [-0.05, 0) is 54.8 Å². The predicted octanol–water partition coefficient (Wildman–Crippen LogP) is 6.12. The third-order valence-electron chi connectivity index (χ3n) is 6.88. The van der Waals surface area contributed by atoms with Gasteiger partial charge in [-0.3, -0.25) is 9.10 Å². The summed E-state index contributed by atoms with van der Waals surface area (Å²) in [7, 11) is -3.58. The highest BCUT2D eigenvalue weighted by Crippen LogP contribution is 2.42. The van der Waals surface area contributed by atoms with Crippen molar-refractivity contribution in [3.05, 3.63) is 94.5 Å². The molecule has 0 saturated carbocycles. The third kappa shape index (κ3) is 5.52. The Morgan fingerprint density at radius 1 is 1.03 bits per heavy atom. The van der Waals surface area contributed by atoms with Crippen molar-refractivity contribution in [1.82, 2.24) is 5.32 Å². The van der Waals surface area contributed by atoms with Crippen LogP contribution in [0.5, 0.6) is 5.75 Å². The van der Waals surface area contributed by atoms with Gasteiger partial charge in [0.1, 0.15) is 11.4 Å². The number of amides is 1. The number of para-hydroxylation sites is 1. The van der Waals surface area contributed by atoms with Crippen molar-refractivity contribution in [1.29, 1.82) is 0 Å². The summed E-state index contributed by atoms with van der Waals surface area (Å²) < 4.78 is 32.7. The highest BCUT2D eigenvalue weighted by atomic mass is 35.5. The number of hydrogen-bond acceptors (Lipinski definition) is 4. The Labute approximate surface area is 218 Å². The van der Waals surface area contributed by atoms with Crippen molar-refractivity contribution in [3.63, 3.8) is 0 Å². The average Bonchev–Trinajstić information content (AvgIpc) is 2.87.